The second kappa shape index (κ2) is 4.31. The predicted molar refractivity (Wildman–Crippen MR) is 64.7 cm³/mol. The third-order valence-electron chi connectivity index (χ3n) is 3.25. The van der Waals surface area contributed by atoms with E-state index in [2.05, 4.69) is 5.64 Å². The topological polar surface area (TPSA) is 111 Å². The minimum absolute atomic E-state index is 0.0445. The van der Waals surface area contributed by atoms with E-state index in [0.717, 1.165) is 16.2 Å². The molecule has 106 valence electrons. The number of nitrogens with one attached hydrogen (secondary N) is 1. The molecule has 2 aliphatic rings. The van der Waals surface area contributed by atoms with Crippen LogP contribution in [0.4, 0.5) is 5.00 Å². The van der Waals surface area contributed by atoms with Gasteiger partial charge in [-0.25, -0.2) is 9.74 Å². The van der Waals surface area contributed by atoms with Crippen molar-refractivity contribution in [3.63, 3.8) is 0 Å². The van der Waals surface area contributed by atoms with E-state index < -0.39 is 22.5 Å². The molecule has 2 aliphatic heterocycles. The van der Waals surface area contributed by atoms with Crippen LogP contribution in [-0.2, 0) is 9.68 Å². The molecular weight excluding hydrogens is 290 g/mol. The number of amides is 2. The van der Waals surface area contributed by atoms with E-state index in [0.29, 0.717) is 0 Å². The molecule has 1 aromatic heterocycles. The molecule has 20 heavy (non-hydrogen) atoms. The van der Waals surface area contributed by atoms with E-state index >= 15 is 0 Å². The first-order chi connectivity index (χ1) is 9.46. The molecule has 0 spiro atoms. The van der Waals surface area contributed by atoms with Gasteiger partial charge in [0.05, 0.1) is 17.1 Å². The van der Waals surface area contributed by atoms with E-state index in [1.54, 1.807) is 6.92 Å². The monoisotopic (exact) mass is 299 g/mol. The Bertz CT molecular complexity index is 621. The number of rotatable bonds is 2. The summed E-state index contributed by atoms with van der Waals surface area (Å²) in [5.74, 6) is -1.32. The lowest BCUT2D eigenvalue weighted by Gasteiger charge is -2.38. The molecule has 3 heterocycles. The Morgan fingerprint density at radius 2 is 2.25 bits per heavy atom. The van der Waals surface area contributed by atoms with Gasteiger partial charge in [-0.3, -0.25) is 24.5 Å². The molecule has 1 saturated heterocycles. The largest absolute Gasteiger partial charge is 0.337 e. The number of nitro groups is 1. The number of hydrogen-bond donors (Lipinski definition) is 1. The molecule has 0 saturated carbocycles. The lowest BCUT2D eigenvalue weighted by molar-refractivity contribution is -0.380. The maximum absolute atomic E-state index is 12.4. The van der Waals surface area contributed by atoms with Gasteiger partial charge in [-0.15, -0.1) is 0 Å². The predicted octanol–water partition coefficient (Wildman–Crippen LogP) is 0.825. The maximum atomic E-state index is 12.4. The van der Waals surface area contributed by atoms with Crippen molar-refractivity contribution >= 4 is 28.2 Å². The summed E-state index contributed by atoms with van der Waals surface area (Å²) in [5, 5.41) is 11.9. The summed E-state index contributed by atoms with van der Waals surface area (Å²) in [6.07, 6.45) is 0.263. The Labute approximate surface area is 116 Å². The number of fused-ring (bicyclic) bond motifs is 1. The molecule has 0 unspecified atom stereocenters. The van der Waals surface area contributed by atoms with Crippen LogP contribution in [0.2, 0.25) is 0 Å². The molecule has 0 radical (unpaired) electrons. The molecule has 2 amide bonds. The van der Waals surface area contributed by atoms with E-state index in [-0.39, 0.29) is 29.2 Å². The van der Waals surface area contributed by atoms with Crippen LogP contribution in [0.3, 0.4) is 0 Å². The molecule has 0 aromatic carbocycles. The van der Waals surface area contributed by atoms with Crippen molar-refractivity contribution in [2.75, 3.05) is 6.61 Å². The molecule has 1 aromatic rings. The summed E-state index contributed by atoms with van der Waals surface area (Å²) < 4.78 is 0. The van der Waals surface area contributed by atoms with Gasteiger partial charge in [0.1, 0.15) is 5.56 Å². The highest BCUT2D eigenvalue weighted by Crippen LogP contribution is 2.40. The summed E-state index contributed by atoms with van der Waals surface area (Å²) in [4.78, 5) is 45.7. The van der Waals surface area contributed by atoms with Crippen LogP contribution in [0.5, 0.6) is 0 Å². The normalized spacial score (nSPS) is 25.9. The highest BCUT2D eigenvalue weighted by molar-refractivity contribution is 7.14. The van der Waals surface area contributed by atoms with E-state index in [4.69, 9.17) is 9.68 Å². The van der Waals surface area contributed by atoms with Gasteiger partial charge < -0.3 is 0 Å². The summed E-state index contributed by atoms with van der Waals surface area (Å²) in [5.41, 5.74) is 0.812. The van der Waals surface area contributed by atoms with Gasteiger partial charge in [0, 0.05) is 11.8 Å². The quantitative estimate of drug-likeness (QED) is 0.489. The summed E-state index contributed by atoms with van der Waals surface area (Å²) in [7, 11) is 0. The van der Waals surface area contributed by atoms with Gasteiger partial charge in [-0.1, -0.05) is 17.0 Å². The Morgan fingerprint density at radius 3 is 2.85 bits per heavy atom. The minimum Gasteiger partial charge on any atom is -0.276 e. The lowest BCUT2D eigenvalue weighted by atomic mass is 10.1. The van der Waals surface area contributed by atoms with Gasteiger partial charge in [-0.2, -0.15) is 0 Å². The number of carbonyl (C=O) groups is 2. The van der Waals surface area contributed by atoms with Crippen molar-refractivity contribution in [2.45, 2.75) is 19.1 Å². The van der Waals surface area contributed by atoms with Crippen LogP contribution in [-0.4, -0.2) is 34.0 Å². The standard InChI is InChI=1S/C10H9N3O6S/c1-10(2-3-18-11-19-10)12-7(14)5-4-20-9(13(16)17)6(5)8(12)15/h4,11H,2-3H2,1H3/t10-/m0/s1. The zero-order valence-electron chi connectivity index (χ0n) is 10.2. The number of thiophene rings is 1. The highest BCUT2D eigenvalue weighted by Gasteiger charge is 2.52. The average molecular weight is 299 g/mol. The van der Waals surface area contributed by atoms with E-state index in [1.807, 2.05) is 0 Å². The van der Waals surface area contributed by atoms with Crippen LogP contribution in [0.15, 0.2) is 5.38 Å². The molecule has 0 bridgehead atoms. The number of carbonyl (C=O) groups excluding carboxylic acids is 2. The summed E-state index contributed by atoms with van der Waals surface area (Å²) in [6, 6.07) is 0. The molecule has 1 fully saturated rings. The fourth-order valence-electron chi connectivity index (χ4n) is 2.21. The molecule has 9 nitrogen and oxygen atoms in total. The van der Waals surface area contributed by atoms with Crippen molar-refractivity contribution in [1.29, 1.82) is 0 Å². The van der Waals surface area contributed by atoms with Crippen molar-refractivity contribution in [3.05, 3.63) is 26.6 Å². The van der Waals surface area contributed by atoms with Gasteiger partial charge in [-0.05, 0) is 6.92 Å². The third-order valence-corrected chi connectivity index (χ3v) is 4.18. The Balaban J connectivity index is 2.03. The molecule has 3 rings (SSSR count). The van der Waals surface area contributed by atoms with Crippen LogP contribution < -0.4 is 5.64 Å². The smallest absolute Gasteiger partial charge is 0.276 e. The zero-order chi connectivity index (χ0) is 14.5. The first-order valence-electron chi connectivity index (χ1n) is 5.65. The minimum atomic E-state index is -1.24. The van der Waals surface area contributed by atoms with Crippen molar-refractivity contribution in [3.8, 4) is 0 Å². The van der Waals surface area contributed by atoms with Crippen LogP contribution in [0.1, 0.15) is 34.1 Å². The van der Waals surface area contributed by atoms with Crippen molar-refractivity contribution < 1.29 is 24.2 Å². The Hall–Kier alpha value is -1.88. The van der Waals surface area contributed by atoms with Gasteiger partial charge in [0.15, 0.2) is 5.72 Å². The number of nitrogens with zero attached hydrogens (tertiary/aromatic N) is 2. The second-order valence-electron chi connectivity index (χ2n) is 4.49. The Morgan fingerprint density at radius 1 is 1.50 bits per heavy atom. The molecule has 1 atom stereocenters. The average Bonchev–Trinajstić information content (AvgIpc) is 2.92. The molecule has 10 heteroatoms. The second-order valence-corrected chi connectivity index (χ2v) is 5.35. The summed E-state index contributed by atoms with van der Waals surface area (Å²) in [6.45, 7) is 1.78. The van der Waals surface area contributed by atoms with Crippen molar-refractivity contribution in [2.24, 2.45) is 0 Å². The fourth-order valence-corrected chi connectivity index (χ4v) is 3.06. The Kier molecular flexibility index (Phi) is 2.83. The lowest BCUT2D eigenvalue weighted by Crippen LogP contribution is -2.57. The molecule has 1 N–H and O–H groups in total. The van der Waals surface area contributed by atoms with Gasteiger partial charge in [0.2, 0.25) is 0 Å². The highest BCUT2D eigenvalue weighted by atomic mass is 32.1. The fraction of sp³-hybridized carbons (Fsp3) is 0.400. The first-order valence-corrected chi connectivity index (χ1v) is 6.53. The number of imide groups is 1. The van der Waals surface area contributed by atoms with Crippen LogP contribution in [0.25, 0.3) is 0 Å². The maximum Gasteiger partial charge on any atom is 0.337 e. The SMILES string of the molecule is C[C@@]1(N2C(=O)c3csc([N+](=O)[O-])c3C2=O)CCONO1. The number of hydrogen-bond acceptors (Lipinski definition) is 8. The van der Waals surface area contributed by atoms with Gasteiger partial charge in [0.25, 0.3) is 11.8 Å². The third kappa shape index (κ3) is 1.66. The van der Waals surface area contributed by atoms with E-state index in [9.17, 15) is 19.7 Å². The molecule has 0 aliphatic carbocycles. The zero-order valence-corrected chi connectivity index (χ0v) is 11.1. The summed E-state index contributed by atoms with van der Waals surface area (Å²) >= 11 is 0.767. The molecular formula is C10H9N3O6S. The van der Waals surface area contributed by atoms with Crippen LogP contribution in [0, 0.1) is 10.1 Å². The van der Waals surface area contributed by atoms with Gasteiger partial charge >= 0.3 is 5.00 Å². The van der Waals surface area contributed by atoms with Crippen LogP contribution >= 0.6 is 11.3 Å². The van der Waals surface area contributed by atoms with E-state index in [1.165, 1.54) is 5.38 Å². The van der Waals surface area contributed by atoms with Crippen molar-refractivity contribution in [1.82, 2.24) is 10.5 Å². The first kappa shape index (κ1) is 13.1.